The van der Waals surface area contributed by atoms with Crippen molar-refractivity contribution in [2.75, 3.05) is 0 Å². The van der Waals surface area contributed by atoms with Crippen LogP contribution in [0.15, 0.2) is 66.9 Å². The van der Waals surface area contributed by atoms with Gasteiger partial charge in [0.25, 0.3) is 0 Å². The van der Waals surface area contributed by atoms with Gasteiger partial charge >= 0.3 is 0 Å². The molecule has 0 atom stereocenters. The third kappa shape index (κ3) is 2.56. The number of benzene rings is 2. The van der Waals surface area contributed by atoms with E-state index in [1.54, 1.807) is 4.68 Å². The zero-order chi connectivity index (χ0) is 13.1. The van der Waals surface area contributed by atoms with E-state index in [0.717, 1.165) is 5.44 Å². The van der Waals surface area contributed by atoms with Crippen LogP contribution in [0.2, 0.25) is 0 Å². The number of aryl methyl sites for hydroxylation is 1. The summed E-state index contributed by atoms with van der Waals surface area (Å²) in [5, 5.41) is 11.0. The molecule has 0 unspecified atom stereocenters. The first-order valence-electron chi connectivity index (χ1n) is 6.11. The fourth-order valence-electron chi connectivity index (χ4n) is 2.01. The minimum atomic E-state index is -0.620. The number of aromatic nitrogens is 3. The molecular formula is C15H14N3P. The molecule has 0 spiro atoms. The Labute approximate surface area is 113 Å². The maximum Gasteiger partial charge on any atom is 0.114 e. The average Bonchev–Trinajstić information content (AvgIpc) is 2.88. The molecular weight excluding hydrogens is 253 g/mol. The van der Waals surface area contributed by atoms with Gasteiger partial charge in [-0.2, -0.15) is 0 Å². The zero-order valence-electron chi connectivity index (χ0n) is 10.6. The monoisotopic (exact) mass is 267 g/mol. The summed E-state index contributed by atoms with van der Waals surface area (Å²) in [5.74, 6) is 0. The van der Waals surface area contributed by atoms with Crippen LogP contribution < -0.4 is 16.0 Å². The summed E-state index contributed by atoms with van der Waals surface area (Å²) in [5.41, 5.74) is 1.04. The van der Waals surface area contributed by atoms with Gasteiger partial charge in [-0.1, -0.05) is 65.9 Å². The van der Waals surface area contributed by atoms with Crippen LogP contribution in [-0.2, 0) is 7.05 Å². The molecule has 2 aromatic carbocycles. The van der Waals surface area contributed by atoms with E-state index < -0.39 is 7.92 Å². The highest BCUT2D eigenvalue weighted by Gasteiger charge is 2.18. The summed E-state index contributed by atoms with van der Waals surface area (Å²) in [6.45, 7) is 0. The van der Waals surface area contributed by atoms with Gasteiger partial charge in [-0.25, -0.2) is 0 Å². The molecule has 0 bridgehead atoms. The smallest absolute Gasteiger partial charge is 0.114 e. The maximum absolute atomic E-state index is 4.31. The number of rotatable bonds is 3. The maximum atomic E-state index is 4.31. The minimum Gasteiger partial charge on any atom is -0.255 e. The predicted molar refractivity (Wildman–Crippen MR) is 79.7 cm³/mol. The van der Waals surface area contributed by atoms with E-state index >= 15 is 0 Å². The van der Waals surface area contributed by atoms with Crippen LogP contribution in [0, 0.1) is 0 Å². The number of nitrogens with zero attached hydrogens (tertiary/aromatic N) is 3. The van der Waals surface area contributed by atoms with E-state index in [9.17, 15) is 0 Å². The standard InChI is InChI=1S/C15H14N3P/c1-18-12-15(16-17-18)19(13-8-4-2-5-9-13)14-10-6-3-7-11-14/h2-12H,1H3. The van der Waals surface area contributed by atoms with Gasteiger partial charge in [0.15, 0.2) is 0 Å². The molecule has 94 valence electrons. The van der Waals surface area contributed by atoms with Gasteiger partial charge < -0.3 is 0 Å². The summed E-state index contributed by atoms with van der Waals surface area (Å²) in [7, 11) is 1.28. The second-order valence-electron chi connectivity index (χ2n) is 4.26. The quantitative estimate of drug-likeness (QED) is 0.674. The Morgan fingerprint density at radius 3 is 1.79 bits per heavy atom. The zero-order valence-corrected chi connectivity index (χ0v) is 11.5. The molecule has 0 saturated heterocycles. The molecule has 0 aliphatic carbocycles. The molecule has 3 nitrogen and oxygen atoms in total. The second kappa shape index (κ2) is 5.33. The lowest BCUT2D eigenvalue weighted by Crippen LogP contribution is -2.21. The Kier molecular flexibility index (Phi) is 3.39. The largest absolute Gasteiger partial charge is 0.255 e. The summed E-state index contributed by atoms with van der Waals surface area (Å²) >= 11 is 0. The topological polar surface area (TPSA) is 30.7 Å². The van der Waals surface area contributed by atoms with Crippen molar-refractivity contribution in [3.63, 3.8) is 0 Å². The van der Waals surface area contributed by atoms with E-state index in [1.807, 2.05) is 25.4 Å². The molecule has 1 aromatic heterocycles. The van der Waals surface area contributed by atoms with Crippen molar-refractivity contribution >= 4 is 24.0 Å². The summed E-state index contributed by atoms with van der Waals surface area (Å²) < 4.78 is 1.76. The lowest BCUT2D eigenvalue weighted by Gasteiger charge is -2.15. The van der Waals surface area contributed by atoms with Crippen LogP contribution in [0.3, 0.4) is 0 Å². The molecule has 3 aromatic rings. The van der Waals surface area contributed by atoms with Crippen molar-refractivity contribution in [1.82, 2.24) is 15.0 Å². The van der Waals surface area contributed by atoms with Crippen molar-refractivity contribution in [3.05, 3.63) is 66.9 Å². The van der Waals surface area contributed by atoms with Crippen LogP contribution in [0.5, 0.6) is 0 Å². The van der Waals surface area contributed by atoms with Gasteiger partial charge in [0.05, 0.1) is 6.20 Å². The van der Waals surface area contributed by atoms with Gasteiger partial charge in [-0.3, -0.25) is 4.68 Å². The Morgan fingerprint density at radius 1 is 0.842 bits per heavy atom. The molecule has 1 heterocycles. The third-order valence-corrected chi connectivity index (χ3v) is 5.14. The van der Waals surface area contributed by atoms with Gasteiger partial charge in [-0.15, -0.1) is 5.10 Å². The van der Waals surface area contributed by atoms with Crippen LogP contribution in [0.4, 0.5) is 0 Å². The summed E-state index contributed by atoms with van der Waals surface area (Å²) in [6.07, 6.45) is 2.01. The SMILES string of the molecule is Cn1cc(P(c2ccccc2)c2ccccc2)nn1. The molecule has 0 fully saturated rings. The predicted octanol–water partition coefficient (Wildman–Crippen LogP) is 1.57. The number of hydrogen-bond acceptors (Lipinski definition) is 2. The first-order chi connectivity index (χ1) is 9.34. The van der Waals surface area contributed by atoms with Gasteiger partial charge in [0, 0.05) is 15.0 Å². The normalized spacial score (nSPS) is 10.8. The molecule has 0 saturated carbocycles. The lowest BCUT2D eigenvalue weighted by atomic mass is 10.4. The molecule has 0 aliphatic heterocycles. The van der Waals surface area contributed by atoms with Crippen molar-refractivity contribution in [3.8, 4) is 0 Å². The van der Waals surface area contributed by atoms with E-state index in [-0.39, 0.29) is 0 Å². The van der Waals surface area contributed by atoms with Crippen LogP contribution in [0.1, 0.15) is 0 Å². The first kappa shape index (κ1) is 12.1. The van der Waals surface area contributed by atoms with Crippen molar-refractivity contribution in [2.24, 2.45) is 7.05 Å². The highest BCUT2D eigenvalue weighted by Crippen LogP contribution is 2.31. The fourth-order valence-corrected chi connectivity index (χ4v) is 4.19. The van der Waals surface area contributed by atoms with E-state index in [4.69, 9.17) is 0 Å². The molecule has 0 amide bonds. The van der Waals surface area contributed by atoms with Crippen LogP contribution >= 0.6 is 7.92 Å². The highest BCUT2D eigenvalue weighted by atomic mass is 31.1. The molecule has 0 N–H and O–H groups in total. The van der Waals surface area contributed by atoms with Crippen LogP contribution in [-0.4, -0.2) is 15.0 Å². The lowest BCUT2D eigenvalue weighted by molar-refractivity contribution is 0.715. The van der Waals surface area contributed by atoms with E-state index in [0.29, 0.717) is 0 Å². The molecule has 0 radical (unpaired) electrons. The summed E-state index contributed by atoms with van der Waals surface area (Å²) in [4.78, 5) is 0. The average molecular weight is 267 g/mol. The Hall–Kier alpha value is -1.99. The Balaban J connectivity index is 2.11. The highest BCUT2D eigenvalue weighted by molar-refractivity contribution is 7.79. The molecule has 4 heteroatoms. The van der Waals surface area contributed by atoms with Crippen molar-refractivity contribution in [2.45, 2.75) is 0 Å². The van der Waals surface area contributed by atoms with E-state index in [2.05, 4.69) is 58.8 Å². The Morgan fingerprint density at radius 2 is 1.37 bits per heavy atom. The first-order valence-corrected chi connectivity index (χ1v) is 7.45. The minimum absolute atomic E-state index is 0.620. The van der Waals surface area contributed by atoms with Crippen LogP contribution in [0.25, 0.3) is 0 Å². The van der Waals surface area contributed by atoms with Gasteiger partial charge in [0.1, 0.15) is 5.44 Å². The second-order valence-corrected chi connectivity index (χ2v) is 6.42. The molecule has 0 aliphatic rings. The van der Waals surface area contributed by atoms with Gasteiger partial charge in [0.2, 0.25) is 0 Å². The fraction of sp³-hybridized carbons (Fsp3) is 0.0667. The van der Waals surface area contributed by atoms with Crippen molar-refractivity contribution < 1.29 is 0 Å². The summed E-state index contributed by atoms with van der Waals surface area (Å²) in [6, 6.07) is 21.0. The van der Waals surface area contributed by atoms with E-state index in [1.165, 1.54) is 10.6 Å². The molecule has 3 rings (SSSR count). The van der Waals surface area contributed by atoms with Gasteiger partial charge in [-0.05, 0) is 10.6 Å². The molecule has 19 heavy (non-hydrogen) atoms. The van der Waals surface area contributed by atoms with Crippen molar-refractivity contribution in [1.29, 1.82) is 0 Å². The number of hydrogen-bond donors (Lipinski definition) is 0. The third-order valence-electron chi connectivity index (χ3n) is 2.85. The Bertz CT molecular complexity index is 610.